The van der Waals surface area contributed by atoms with E-state index in [0.717, 1.165) is 28.1 Å². The first kappa shape index (κ1) is 18.7. The summed E-state index contributed by atoms with van der Waals surface area (Å²) >= 11 is 0. The van der Waals surface area contributed by atoms with Gasteiger partial charge in [-0.15, -0.1) is 0 Å². The van der Waals surface area contributed by atoms with Gasteiger partial charge in [-0.25, -0.2) is 4.39 Å². The molecule has 0 spiro atoms. The molecule has 0 bridgehead atoms. The van der Waals surface area contributed by atoms with Gasteiger partial charge in [0.1, 0.15) is 11.6 Å². The second-order valence-electron chi connectivity index (χ2n) is 5.91. The van der Waals surface area contributed by atoms with E-state index < -0.39 is 0 Å². The summed E-state index contributed by atoms with van der Waals surface area (Å²) in [5, 5.41) is 6.46. The van der Waals surface area contributed by atoms with Crippen molar-refractivity contribution in [3.05, 3.63) is 58.2 Å². The summed E-state index contributed by atoms with van der Waals surface area (Å²) in [4.78, 5) is 8.67. The van der Waals surface area contributed by atoms with Gasteiger partial charge in [0, 0.05) is 30.9 Å². The molecule has 2 N–H and O–H groups in total. The molecule has 5 nitrogen and oxygen atoms in total. The lowest BCUT2D eigenvalue weighted by molar-refractivity contribution is 0.406. The SMILES string of the molecule is CN=C(NCc1ccc(F)c(C)c1)NCc1ncc(C)c(OC)c1C. The monoisotopic (exact) mass is 344 g/mol. The van der Waals surface area contributed by atoms with Crippen LogP contribution in [0.5, 0.6) is 5.75 Å². The third kappa shape index (κ3) is 4.68. The van der Waals surface area contributed by atoms with Gasteiger partial charge in [0.2, 0.25) is 0 Å². The van der Waals surface area contributed by atoms with E-state index in [-0.39, 0.29) is 5.82 Å². The standard InChI is InChI=1S/C19H25FN4O/c1-12-8-15(6-7-16(12)20)10-23-19(21-4)24-11-17-14(3)18(25-5)13(2)9-22-17/h6-9H,10-11H2,1-5H3,(H2,21,23,24). The number of methoxy groups -OCH3 is 1. The first-order valence-corrected chi connectivity index (χ1v) is 8.14. The Labute approximate surface area is 148 Å². The molecular weight excluding hydrogens is 319 g/mol. The van der Waals surface area contributed by atoms with Crippen LogP contribution in [0.4, 0.5) is 4.39 Å². The van der Waals surface area contributed by atoms with Crippen LogP contribution in [0, 0.1) is 26.6 Å². The predicted octanol–water partition coefficient (Wildman–Crippen LogP) is 3.02. The number of nitrogens with one attached hydrogen (secondary N) is 2. The average Bonchev–Trinajstić information content (AvgIpc) is 2.60. The van der Waals surface area contributed by atoms with Crippen LogP contribution in [-0.2, 0) is 13.1 Å². The molecule has 0 aliphatic rings. The van der Waals surface area contributed by atoms with E-state index in [1.54, 1.807) is 33.3 Å². The van der Waals surface area contributed by atoms with Gasteiger partial charge in [0.05, 0.1) is 19.3 Å². The number of aryl methyl sites for hydroxylation is 2. The van der Waals surface area contributed by atoms with Gasteiger partial charge in [-0.2, -0.15) is 0 Å². The maximum Gasteiger partial charge on any atom is 0.191 e. The highest BCUT2D eigenvalue weighted by molar-refractivity contribution is 5.79. The molecule has 0 aliphatic carbocycles. The predicted molar refractivity (Wildman–Crippen MR) is 98.4 cm³/mol. The number of hydrogen-bond donors (Lipinski definition) is 2. The molecule has 25 heavy (non-hydrogen) atoms. The number of ether oxygens (including phenoxy) is 1. The largest absolute Gasteiger partial charge is 0.496 e. The van der Waals surface area contributed by atoms with Gasteiger partial charge in [-0.05, 0) is 38.0 Å². The molecule has 0 aliphatic heterocycles. The number of hydrogen-bond acceptors (Lipinski definition) is 3. The van der Waals surface area contributed by atoms with E-state index in [1.807, 2.05) is 19.9 Å². The molecule has 0 fully saturated rings. The molecule has 134 valence electrons. The molecule has 1 aromatic carbocycles. The van der Waals surface area contributed by atoms with Crippen molar-refractivity contribution in [3.63, 3.8) is 0 Å². The third-order valence-corrected chi connectivity index (χ3v) is 4.08. The Morgan fingerprint density at radius 1 is 1.16 bits per heavy atom. The molecule has 0 unspecified atom stereocenters. The lowest BCUT2D eigenvalue weighted by atomic mass is 10.1. The molecule has 6 heteroatoms. The Balaban J connectivity index is 1.98. The van der Waals surface area contributed by atoms with E-state index in [9.17, 15) is 4.39 Å². The molecule has 2 rings (SSSR count). The Morgan fingerprint density at radius 3 is 2.52 bits per heavy atom. The zero-order valence-corrected chi connectivity index (χ0v) is 15.4. The molecule has 0 radical (unpaired) electrons. The fourth-order valence-electron chi connectivity index (χ4n) is 2.64. The molecule has 1 aromatic heterocycles. The highest BCUT2D eigenvalue weighted by Crippen LogP contribution is 2.23. The number of benzene rings is 1. The smallest absolute Gasteiger partial charge is 0.191 e. The third-order valence-electron chi connectivity index (χ3n) is 4.08. The van der Waals surface area contributed by atoms with Crippen LogP contribution in [0.3, 0.4) is 0 Å². The summed E-state index contributed by atoms with van der Waals surface area (Å²) in [6.45, 7) is 6.81. The molecule has 1 heterocycles. The summed E-state index contributed by atoms with van der Waals surface area (Å²) in [6.07, 6.45) is 1.81. The molecule has 0 saturated carbocycles. The van der Waals surface area contributed by atoms with Gasteiger partial charge in [-0.3, -0.25) is 9.98 Å². The summed E-state index contributed by atoms with van der Waals surface area (Å²) in [5.41, 5.74) is 4.56. The average molecular weight is 344 g/mol. The number of aromatic nitrogens is 1. The van der Waals surface area contributed by atoms with Crippen molar-refractivity contribution < 1.29 is 9.13 Å². The second kappa shape index (κ2) is 8.46. The summed E-state index contributed by atoms with van der Waals surface area (Å²) < 4.78 is 18.8. The Bertz CT molecular complexity index is 774. The van der Waals surface area contributed by atoms with Crippen molar-refractivity contribution in [2.75, 3.05) is 14.2 Å². The van der Waals surface area contributed by atoms with E-state index in [4.69, 9.17) is 4.74 Å². The minimum Gasteiger partial charge on any atom is -0.496 e. The fraction of sp³-hybridized carbons (Fsp3) is 0.368. The number of halogens is 1. The van der Waals surface area contributed by atoms with Crippen LogP contribution in [0.1, 0.15) is 27.9 Å². The summed E-state index contributed by atoms with van der Waals surface area (Å²) in [7, 11) is 3.37. The van der Waals surface area contributed by atoms with Gasteiger partial charge < -0.3 is 15.4 Å². The molecular formula is C19H25FN4O. The zero-order valence-electron chi connectivity index (χ0n) is 15.4. The number of guanidine groups is 1. The summed E-state index contributed by atoms with van der Waals surface area (Å²) in [5.74, 6) is 1.32. The van der Waals surface area contributed by atoms with Crippen LogP contribution in [0.25, 0.3) is 0 Å². The van der Waals surface area contributed by atoms with E-state index in [0.29, 0.717) is 24.6 Å². The van der Waals surface area contributed by atoms with Crippen molar-refractivity contribution in [1.82, 2.24) is 15.6 Å². The minimum absolute atomic E-state index is 0.193. The van der Waals surface area contributed by atoms with Gasteiger partial charge in [-0.1, -0.05) is 12.1 Å². The normalized spacial score (nSPS) is 11.4. The molecule has 2 aromatic rings. The van der Waals surface area contributed by atoms with Crippen LogP contribution >= 0.6 is 0 Å². The van der Waals surface area contributed by atoms with E-state index in [2.05, 4.69) is 20.6 Å². The Hall–Kier alpha value is -2.63. The number of aliphatic imine (C=N–C) groups is 1. The van der Waals surface area contributed by atoms with E-state index >= 15 is 0 Å². The van der Waals surface area contributed by atoms with Crippen molar-refractivity contribution in [1.29, 1.82) is 0 Å². The van der Waals surface area contributed by atoms with Gasteiger partial charge in [0.25, 0.3) is 0 Å². The van der Waals surface area contributed by atoms with Crippen molar-refractivity contribution in [2.24, 2.45) is 4.99 Å². The van der Waals surface area contributed by atoms with Crippen LogP contribution in [0.15, 0.2) is 29.4 Å². The van der Waals surface area contributed by atoms with Gasteiger partial charge in [0.15, 0.2) is 5.96 Å². The topological polar surface area (TPSA) is 58.5 Å². The van der Waals surface area contributed by atoms with Crippen LogP contribution in [0.2, 0.25) is 0 Å². The van der Waals surface area contributed by atoms with Gasteiger partial charge >= 0.3 is 0 Å². The fourth-order valence-corrected chi connectivity index (χ4v) is 2.64. The molecule has 0 saturated heterocycles. The lowest BCUT2D eigenvalue weighted by Crippen LogP contribution is -2.36. The zero-order chi connectivity index (χ0) is 18.4. The van der Waals surface area contributed by atoms with Crippen molar-refractivity contribution in [2.45, 2.75) is 33.9 Å². The van der Waals surface area contributed by atoms with Crippen LogP contribution in [-0.4, -0.2) is 25.1 Å². The number of pyridine rings is 1. The Morgan fingerprint density at radius 2 is 1.88 bits per heavy atom. The number of nitrogens with zero attached hydrogens (tertiary/aromatic N) is 2. The quantitative estimate of drug-likeness (QED) is 0.647. The maximum absolute atomic E-state index is 13.3. The molecule has 0 amide bonds. The first-order chi connectivity index (χ1) is 12.0. The molecule has 0 atom stereocenters. The maximum atomic E-state index is 13.3. The highest BCUT2D eigenvalue weighted by Gasteiger charge is 2.10. The summed E-state index contributed by atoms with van der Waals surface area (Å²) in [6, 6.07) is 5.07. The van der Waals surface area contributed by atoms with Crippen molar-refractivity contribution in [3.8, 4) is 5.75 Å². The Kier molecular flexibility index (Phi) is 6.33. The minimum atomic E-state index is -0.193. The highest BCUT2D eigenvalue weighted by atomic mass is 19.1. The van der Waals surface area contributed by atoms with Crippen molar-refractivity contribution >= 4 is 5.96 Å². The second-order valence-corrected chi connectivity index (χ2v) is 5.91. The van der Waals surface area contributed by atoms with Crippen LogP contribution < -0.4 is 15.4 Å². The lowest BCUT2D eigenvalue weighted by Gasteiger charge is -2.15. The first-order valence-electron chi connectivity index (χ1n) is 8.14. The van der Waals surface area contributed by atoms with E-state index in [1.165, 1.54) is 6.07 Å². The number of rotatable bonds is 5.